The highest BCUT2D eigenvalue weighted by atomic mass is 79.9. The molecular weight excluding hydrogens is 373 g/mol. The molecule has 1 saturated heterocycles. The molecule has 1 fully saturated rings. The first kappa shape index (κ1) is 17.0. The molecule has 2 atom stereocenters. The smallest absolute Gasteiger partial charge is 0.254 e. The van der Waals surface area contributed by atoms with Crippen molar-refractivity contribution in [2.45, 2.75) is 25.6 Å². The summed E-state index contributed by atoms with van der Waals surface area (Å²) in [5.74, 6) is 0.413. The number of amides is 1. The van der Waals surface area contributed by atoms with E-state index < -0.39 is 6.17 Å². The van der Waals surface area contributed by atoms with Crippen LogP contribution in [0.2, 0.25) is 0 Å². The van der Waals surface area contributed by atoms with Gasteiger partial charge >= 0.3 is 0 Å². The Labute approximate surface area is 149 Å². The number of ether oxygens (including phenoxy) is 1. The molecule has 5 heteroatoms. The number of methoxy groups -OCH3 is 1. The van der Waals surface area contributed by atoms with Crippen LogP contribution >= 0.6 is 15.9 Å². The second-order valence-electron chi connectivity index (χ2n) is 6.07. The minimum atomic E-state index is -1.00. The molecule has 0 radical (unpaired) electrons. The second-order valence-corrected chi connectivity index (χ2v) is 6.92. The lowest BCUT2D eigenvalue weighted by molar-refractivity contribution is 0.0728. The number of carbonyl (C=O) groups excluding carboxylic acids is 1. The van der Waals surface area contributed by atoms with E-state index in [2.05, 4.69) is 15.9 Å². The molecule has 1 aliphatic rings. The van der Waals surface area contributed by atoms with Gasteiger partial charge in [0.15, 0.2) is 0 Å². The first-order chi connectivity index (χ1) is 11.5. The van der Waals surface area contributed by atoms with Crippen molar-refractivity contribution in [3.8, 4) is 5.75 Å². The molecule has 3 nitrogen and oxygen atoms in total. The molecule has 1 heterocycles. The van der Waals surface area contributed by atoms with Crippen molar-refractivity contribution >= 4 is 21.8 Å². The van der Waals surface area contributed by atoms with E-state index in [4.69, 9.17) is 4.74 Å². The third-order valence-electron chi connectivity index (χ3n) is 4.34. The quantitative estimate of drug-likeness (QED) is 0.759. The minimum Gasteiger partial charge on any atom is -0.496 e. The summed E-state index contributed by atoms with van der Waals surface area (Å²) in [6.07, 6.45) is -0.667. The van der Waals surface area contributed by atoms with E-state index in [1.54, 1.807) is 30.2 Å². The highest BCUT2D eigenvalue weighted by Gasteiger charge is 2.36. The molecule has 0 aliphatic carbocycles. The number of halogens is 2. The summed E-state index contributed by atoms with van der Waals surface area (Å²) in [4.78, 5) is 14.6. The second kappa shape index (κ2) is 6.93. The standard InChI is InChI=1S/C19H19BrFNO2/c1-12-4-3-5-13(8-12)17-10-15(21)11-22(17)19(23)14-6-7-16(20)18(9-14)24-2/h3-9,15,17H,10-11H2,1-2H3. The van der Waals surface area contributed by atoms with Crippen molar-refractivity contribution in [2.75, 3.05) is 13.7 Å². The van der Waals surface area contributed by atoms with Crippen LogP contribution in [-0.4, -0.2) is 30.6 Å². The summed E-state index contributed by atoms with van der Waals surface area (Å²) in [5, 5.41) is 0. The molecule has 0 saturated carbocycles. The van der Waals surface area contributed by atoms with Gasteiger partial charge in [-0.25, -0.2) is 4.39 Å². The Bertz CT molecular complexity index is 765. The van der Waals surface area contributed by atoms with Crippen molar-refractivity contribution in [1.82, 2.24) is 4.90 Å². The molecule has 24 heavy (non-hydrogen) atoms. The summed E-state index contributed by atoms with van der Waals surface area (Å²) < 4.78 is 20.1. The van der Waals surface area contributed by atoms with Crippen molar-refractivity contribution in [1.29, 1.82) is 0 Å². The predicted octanol–water partition coefficient (Wildman–Crippen LogP) is 4.69. The number of benzene rings is 2. The fourth-order valence-electron chi connectivity index (χ4n) is 3.16. The van der Waals surface area contributed by atoms with Crippen LogP contribution in [0.3, 0.4) is 0 Å². The van der Waals surface area contributed by atoms with Gasteiger partial charge in [0.1, 0.15) is 11.9 Å². The van der Waals surface area contributed by atoms with Crippen LogP contribution in [0.25, 0.3) is 0 Å². The monoisotopic (exact) mass is 391 g/mol. The molecule has 0 bridgehead atoms. The number of hydrogen-bond donors (Lipinski definition) is 0. The van der Waals surface area contributed by atoms with Gasteiger partial charge in [0.25, 0.3) is 5.91 Å². The van der Waals surface area contributed by atoms with Crippen molar-refractivity contribution in [3.05, 3.63) is 63.6 Å². The summed E-state index contributed by atoms with van der Waals surface area (Å²) in [6, 6.07) is 12.9. The highest BCUT2D eigenvalue weighted by Crippen LogP contribution is 2.36. The van der Waals surface area contributed by atoms with E-state index in [1.165, 1.54) is 0 Å². The lowest BCUT2D eigenvalue weighted by atomic mass is 10.0. The Kier molecular flexibility index (Phi) is 4.90. The lowest BCUT2D eigenvalue weighted by Gasteiger charge is -2.25. The molecule has 1 aliphatic heterocycles. The molecule has 126 valence electrons. The molecule has 3 rings (SSSR count). The normalized spacial score (nSPS) is 20.2. The topological polar surface area (TPSA) is 29.5 Å². The lowest BCUT2D eigenvalue weighted by Crippen LogP contribution is -2.31. The van der Waals surface area contributed by atoms with Crippen LogP contribution in [0.4, 0.5) is 4.39 Å². The third-order valence-corrected chi connectivity index (χ3v) is 4.99. The van der Waals surface area contributed by atoms with Crippen LogP contribution in [0.15, 0.2) is 46.9 Å². The summed E-state index contributed by atoms with van der Waals surface area (Å²) in [5.41, 5.74) is 2.59. The Balaban J connectivity index is 1.92. The molecule has 2 aromatic rings. The maximum atomic E-state index is 14.1. The zero-order valence-electron chi connectivity index (χ0n) is 13.6. The molecule has 0 N–H and O–H groups in total. The van der Waals surface area contributed by atoms with E-state index in [1.807, 2.05) is 31.2 Å². The Morgan fingerprint density at radius 1 is 1.29 bits per heavy atom. The van der Waals surface area contributed by atoms with Crippen LogP contribution in [0.5, 0.6) is 5.75 Å². The highest BCUT2D eigenvalue weighted by molar-refractivity contribution is 9.10. The third kappa shape index (κ3) is 3.31. The predicted molar refractivity (Wildman–Crippen MR) is 95.2 cm³/mol. The van der Waals surface area contributed by atoms with Crippen molar-refractivity contribution in [3.63, 3.8) is 0 Å². The Morgan fingerprint density at radius 3 is 2.79 bits per heavy atom. The average molecular weight is 392 g/mol. The number of aryl methyl sites for hydroxylation is 1. The Morgan fingerprint density at radius 2 is 2.08 bits per heavy atom. The molecular formula is C19H19BrFNO2. The zero-order chi connectivity index (χ0) is 17.3. The molecule has 0 aromatic heterocycles. The number of rotatable bonds is 3. The fourth-order valence-corrected chi connectivity index (χ4v) is 3.57. The zero-order valence-corrected chi connectivity index (χ0v) is 15.2. The maximum absolute atomic E-state index is 14.1. The van der Waals surface area contributed by atoms with Gasteiger partial charge in [-0.15, -0.1) is 0 Å². The number of hydrogen-bond acceptors (Lipinski definition) is 2. The number of alkyl halides is 1. The van der Waals surface area contributed by atoms with Crippen molar-refractivity contribution < 1.29 is 13.9 Å². The maximum Gasteiger partial charge on any atom is 0.254 e. The summed E-state index contributed by atoms with van der Waals surface area (Å²) in [6.45, 7) is 2.12. The van der Waals surface area contributed by atoms with E-state index in [-0.39, 0.29) is 18.5 Å². The van der Waals surface area contributed by atoms with Crippen LogP contribution in [-0.2, 0) is 0 Å². The number of carbonyl (C=O) groups is 1. The van der Waals surface area contributed by atoms with Gasteiger partial charge in [-0.1, -0.05) is 29.8 Å². The van der Waals surface area contributed by atoms with Gasteiger partial charge in [0, 0.05) is 12.0 Å². The van der Waals surface area contributed by atoms with Crippen LogP contribution in [0.1, 0.15) is 33.9 Å². The fraction of sp³-hybridized carbons (Fsp3) is 0.316. The molecule has 0 spiro atoms. The summed E-state index contributed by atoms with van der Waals surface area (Å²) >= 11 is 3.38. The van der Waals surface area contributed by atoms with E-state index >= 15 is 0 Å². The van der Waals surface area contributed by atoms with Gasteiger partial charge in [-0.2, -0.15) is 0 Å². The average Bonchev–Trinajstić information content (AvgIpc) is 2.96. The summed E-state index contributed by atoms with van der Waals surface area (Å²) in [7, 11) is 1.55. The first-order valence-electron chi connectivity index (χ1n) is 7.84. The number of likely N-dealkylation sites (tertiary alicyclic amines) is 1. The van der Waals surface area contributed by atoms with Gasteiger partial charge < -0.3 is 9.64 Å². The van der Waals surface area contributed by atoms with E-state index in [0.717, 1.165) is 15.6 Å². The largest absolute Gasteiger partial charge is 0.496 e. The van der Waals surface area contributed by atoms with E-state index in [9.17, 15) is 9.18 Å². The van der Waals surface area contributed by atoms with E-state index in [0.29, 0.717) is 17.7 Å². The van der Waals surface area contributed by atoms with Crippen LogP contribution in [0, 0.1) is 6.92 Å². The molecule has 2 aromatic carbocycles. The molecule has 2 unspecified atom stereocenters. The molecule has 1 amide bonds. The van der Waals surface area contributed by atoms with Gasteiger partial charge in [-0.3, -0.25) is 4.79 Å². The van der Waals surface area contributed by atoms with Gasteiger partial charge in [-0.05, 0) is 46.6 Å². The first-order valence-corrected chi connectivity index (χ1v) is 8.64. The van der Waals surface area contributed by atoms with Crippen molar-refractivity contribution in [2.24, 2.45) is 0 Å². The SMILES string of the molecule is COc1cc(C(=O)N2CC(F)CC2c2cccc(C)c2)ccc1Br. The minimum absolute atomic E-state index is 0.121. The number of nitrogens with zero attached hydrogens (tertiary/aromatic N) is 1. The van der Waals surface area contributed by atoms with Gasteiger partial charge in [0.05, 0.1) is 24.2 Å². The van der Waals surface area contributed by atoms with Crippen LogP contribution < -0.4 is 4.74 Å². The Hall–Kier alpha value is -1.88. The van der Waals surface area contributed by atoms with Gasteiger partial charge in [0.2, 0.25) is 0 Å².